The van der Waals surface area contributed by atoms with Crippen molar-refractivity contribution in [2.45, 2.75) is 76.4 Å². The lowest BCUT2D eigenvalue weighted by Gasteiger charge is -2.28. The molecule has 2 heterocycles. The Kier molecular flexibility index (Phi) is 6.49. The number of aromatic carboxylic acids is 1. The second-order valence-corrected chi connectivity index (χ2v) is 9.03. The molecule has 2 aliphatic heterocycles. The van der Waals surface area contributed by atoms with Crippen LogP contribution in [-0.2, 0) is 9.53 Å². The van der Waals surface area contributed by atoms with Gasteiger partial charge < -0.3 is 9.84 Å². The standard InChI is InChI=1S/C25H32O4/c26-22(18-8-2-1-3-9-18)13-12-21-20(23-14-15-24(21)29-23)11-5-7-17-6-4-10-19(16-17)25(27)28/h4-7,10,16,18,20-21,23-24H,1-3,8-9,11-15H2,(H,27,28)/t20-,21+,23-,24+/m1/s1. The third-order valence-electron chi connectivity index (χ3n) is 7.23. The topological polar surface area (TPSA) is 63.6 Å². The van der Waals surface area contributed by atoms with Crippen LogP contribution in [0.25, 0.3) is 6.08 Å². The number of carbonyl (C=O) groups is 2. The zero-order chi connectivity index (χ0) is 20.2. The first kappa shape index (κ1) is 20.3. The SMILES string of the molecule is O=C(O)c1cccc(C=CC[C@@H]2[C@H](CCC(=O)C3CCCCC3)[C@@H]3CC[C@H]2O3)c1. The molecule has 1 aromatic carbocycles. The number of ether oxygens (including phenoxy) is 1. The van der Waals surface area contributed by atoms with Crippen LogP contribution >= 0.6 is 0 Å². The lowest BCUT2D eigenvalue weighted by molar-refractivity contribution is -0.124. The van der Waals surface area contributed by atoms with Crippen LogP contribution in [0.3, 0.4) is 0 Å². The van der Waals surface area contributed by atoms with Gasteiger partial charge in [0.2, 0.25) is 0 Å². The number of carboxylic acid groups (broad SMARTS) is 1. The lowest BCUT2D eigenvalue weighted by Crippen LogP contribution is -2.28. The molecule has 3 aliphatic rings. The number of fused-ring (bicyclic) bond motifs is 2. The third kappa shape index (κ3) is 4.80. The van der Waals surface area contributed by atoms with Gasteiger partial charge in [0.05, 0.1) is 17.8 Å². The van der Waals surface area contributed by atoms with Gasteiger partial charge in [-0.15, -0.1) is 0 Å². The molecule has 4 rings (SSSR count). The predicted molar refractivity (Wildman–Crippen MR) is 113 cm³/mol. The first-order valence-electron chi connectivity index (χ1n) is 11.3. The molecule has 2 bridgehead atoms. The van der Waals surface area contributed by atoms with Crippen molar-refractivity contribution in [3.05, 3.63) is 41.5 Å². The summed E-state index contributed by atoms with van der Waals surface area (Å²) in [6, 6.07) is 7.03. The maximum atomic E-state index is 12.7. The first-order chi connectivity index (χ1) is 14.1. The zero-order valence-electron chi connectivity index (χ0n) is 17.1. The molecule has 4 nitrogen and oxygen atoms in total. The number of hydrogen-bond acceptors (Lipinski definition) is 3. The molecule has 0 aromatic heterocycles. The molecule has 156 valence electrons. The van der Waals surface area contributed by atoms with Crippen molar-refractivity contribution in [3.8, 4) is 0 Å². The molecular formula is C25H32O4. The fourth-order valence-corrected chi connectivity index (χ4v) is 5.67. The number of hydrogen-bond donors (Lipinski definition) is 1. The highest BCUT2D eigenvalue weighted by Gasteiger charge is 2.47. The third-order valence-corrected chi connectivity index (χ3v) is 7.23. The summed E-state index contributed by atoms with van der Waals surface area (Å²) in [6.45, 7) is 0. The highest BCUT2D eigenvalue weighted by atomic mass is 16.5. The number of benzene rings is 1. The van der Waals surface area contributed by atoms with E-state index < -0.39 is 5.97 Å². The van der Waals surface area contributed by atoms with E-state index in [4.69, 9.17) is 9.84 Å². The summed E-state index contributed by atoms with van der Waals surface area (Å²) in [5, 5.41) is 9.14. The summed E-state index contributed by atoms with van der Waals surface area (Å²) in [7, 11) is 0. The summed E-state index contributed by atoms with van der Waals surface area (Å²) in [5.74, 6) is 0.850. The van der Waals surface area contributed by atoms with E-state index in [1.807, 2.05) is 12.1 Å². The molecule has 1 aliphatic carbocycles. The molecule has 1 aromatic rings. The van der Waals surface area contributed by atoms with E-state index in [2.05, 4.69) is 6.08 Å². The minimum absolute atomic E-state index is 0.308. The van der Waals surface area contributed by atoms with Gasteiger partial charge in [0.15, 0.2) is 0 Å². The number of ketones is 1. The summed E-state index contributed by atoms with van der Waals surface area (Å²) in [5.41, 5.74) is 1.23. The van der Waals surface area contributed by atoms with Crippen LogP contribution in [0.2, 0.25) is 0 Å². The van der Waals surface area contributed by atoms with Crippen molar-refractivity contribution in [3.63, 3.8) is 0 Å². The largest absolute Gasteiger partial charge is 0.478 e. The maximum absolute atomic E-state index is 12.7. The summed E-state index contributed by atoms with van der Waals surface area (Å²) in [6.07, 6.45) is 15.6. The Hall–Kier alpha value is -1.94. The van der Waals surface area contributed by atoms with Gasteiger partial charge in [-0.3, -0.25) is 4.79 Å². The summed E-state index contributed by atoms with van der Waals surface area (Å²) in [4.78, 5) is 23.8. The average molecular weight is 397 g/mol. The minimum Gasteiger partial charge on any atom is -0.478 e. The van der Waals surface area contributed by atoms with Crippen LogP contribution < -0.4 is 0 Å². The van der Waals surface area contributed by atoms with E-state index in [9.17, 15) is 9.59 Å². The van der Waals surface area contributed by atoms with Gasteiger partial charge in [-0.05, 0) is 68.1 Å². The van der Waals surface area contributed by atoms with Crippen LogP contribution in [0, 0.1) is 17.8 Å². The molecule has 1 saturated carbocycles. The molecule has 1 N–H and O–H groups in total. The predicted octanol–water partition coefficient (Wildman–Crippen LogP) is 5.51. The maximum Gasteiger partial charge on any atom is 0.335 e. The molecule has 0 radical (unpaired) electrons. The monoisotopic (exact) mass is 396 g/mol. The van der Waals surface area contributed by atoms with Crippen molar-refractivity contribution < 1.29 is 19.4 Å². The van der Waals surface area contributed by atoms with Gasteiger partial charge in [-0.1, -0.05) is 43.5 Å². The van der Waals surface area contributed by atoms with E-state index in [1.165, 1.54) is 19.3 Å². The second-order valence-electron chi connectivity index (χ2n) is 9.03. The summed E-state index contributed by atoms with van der Waals surface area (Å²) >= 11 is 0. The van der Waals surface area contributed by atoms with Gasteiger partial charge >= 0.3 is 5.97 Å². The molecule has 0 amide bonds. The van der Waals surface area contributed by atoms with Crippen LogP contribution in [0.15, 0.2) is 30.3 Å². The number of Topliss-reactive ketones (excluding diaryl/α,β-unsaturated/α-hetero) is 1. The normalized spacial score (nSPS) is 29.5. The Morgan fingerprint density at radius 3 is 2.55 bits per heavy atom. The molecule has 4 heteroatoms. The number of allylic oxidation sites excluding steroid dienone is 1. The van der Waals surface area contributed by atoms with E-state index >= 15 is 0 Å². The lowest BCUT2D eigenvalue weighted by atomic mass is 9.74. The molecule has 2 saturated heterocycles. The number of carboxylic acids is 1. The van der Waals surface area contributed by atoms with Gasteiger partial charge in [-0.2, -0.15) is 0 Å². The van der Waals surface area contributed by atoms with E-state index in [0.29, 0.717) is 47.7 Å². The van der Waals surface area contributed by atoms with E-state index in [-0.39, 0.29) is 0 Å². The Morgan fingerprint density at radius 2 is 1.79 bits per heavy atom. The van der Waals surface area contributed by atoms with E-state index in [0.717, 1.165) is 44.1 Å². The van der Waals surface area contributed by atoms with Gasteiger partial charge in [0.25, 0.3) is 0 Å². The number of carbonyl (C=O) groups excluding carboxylic acids is 1. The van der Waals surface area contributed by atoms with Gasteiger partial charge in [0.1, 0.15) is 5.78 Å². The Bertz CT molecular complexity index is 762. The van der Waals surface area contributed by atoms with E-state index in [1.54, 1.807) is 18.2 Å². The van der Waals surface area contributed by atoms with Crippen molar-refractivity contribution >= 4 is 17.8 Å². The molecule has 0 unspecified atom stereocenters. The van der Waals surface area contributed by atoms with Crippen molar-refractivity contribution in [1.29, 1.82) is 0 Å². The average Bonchev–Trinajstić information content (AvgIpc) is 3.35. The fraction of sp³-hybridized carbons (Fsp3) is 0.600. The zero-order valence-corrected chi connectivity index (χ0v) is 17.1. The molecule has 29 heavy (non-hydrogen) atoms. The second kappa shape index (κ2) is 9.25. The summed E-state index contributed by atoms with van der Waals surface area (Å²) < 4.78 is 6.21. The minimum atomic E-state index is -0.899. The van der Waals surface area contributed by atoms with Crippen molar-refractivity contribution in [2.75, 3.05) is 0 Å². The Labute approximate surface area is 173 Å². The molecule has 3 fully saturated rings. The van der Waals surface area contributed by atoms with Crippen LogP contribution in [0.1, 0.15) is 80.1 Å². The van der Waals surface area contributed by atoms with Crippen LogP contribution in [-0.4, -0.2) is 29.1 Å². The van der Waals surface area contributed by atoms with Crippen LogP contribution in [0.4, 0.5) is 0 Å². The van der Waals surface area contributed by atoms with Crippen molar-refractivity contribution in [1.82, 2.24) is 0 Å². The number of rotatable bonds is 8. The Balaban J connectivity index is 1.34. The van der Waals surface area contributed by atoms with Crippen molar-refractivity contribution in [2.24, 2.45) is 17.8 Å². The highest BCUT2D eigenvalue weighted by molar-refractivity contribution is 5.88. The van der Waals surface area contributed by atoms with Gasteiger partial charge in [-0.25, -0.2) is 4.79 Å². The van der Waals surface area contributed by atoms with Gasteiger partial charge in [0, 0.05) is 12.3 Å². The molecule has 0 spiro atoms. The smallest absolute Gasteiger partial charge is 0.335 e. The first-order valence-corrected chi connectivity index (χ1v) is 11.3. The molecule has 4 atom stereocenters. The fourth-order valence-electron chi connectivity index (χ4n) is 5.67. The Morgan fingerprint density at radius 1 is 1.03 bits per heavy atom. The molecular weight excluding hydrogens is 364 g/mol. The van der Waals surface area contributed by atoms with Crippen LogP contribution in [0.5, 0.6) is 0 Å². The highest BCUT2D eigenvalue weighted by Crippen LogP contribution is 2.47. The quantitative estimate of drug-likeness (QED) is 0.629.